The molecule has 3 aromatic rings. The van der Waals surface area contributed by atoms with Crippen LogP contribution >= 0.6 is 11.3 Å². The molecule has 2 aromatic heterocycles. The summed E-state index contributed by atoms with van der Waals surface area (Å²) in [4.78, 5) is 8.73. The predicted octanol–water partition coefficient (Wildman–Crippen LogP) is 3.25. The highest BCUT2D eigenvalue weighted by molar-refractivity contribution is 7.16. The van der Waals surface area contributed by atoms with E-state index < -0.39 is 0 Å². The van der Waals surface area contributed by atoms with Crippen LogP contribution in [0.3, 0.4) is 0 Å². The van der Waals surface area contributed by atoms with Crippen molar-refractivity contribution in [2.45, 2.75) is 6.92 Å². The molecule has 17 heavy (non-hydrogen) atoms. The highest BCUT2D eigenvalue weighted by Crippen LogP contribution is 2.33. The summed E-state index contributed by atoms with van der Waals surface area (Å²) >= 11 is 1.51. The number of rotatable bonds is 1. The quantitative estimate of drug-likeness (QED) is 0.711. The zero-order valence-electron chi connectivity index (χ0n) is 9.34. The third-order valence-electron chi connectivity index (χ3n) is 2.68. The molecule has 84 valence electrons. The summed E-state index contributed by atoms with van der Waals surface area (Å²) < 4.78 is 0. The normalized spacial score (nSPS) is 10.9. The number of nitrogen functional groups attached to an aromatic ring is 1. The Balaban J connectivity index is 2.34. The van der Waals surface area contributed by atoms with E-state index in [9.17, 15) is 0 Å². The Morgan fingerprint density at radius 2 is 2.00 bits per heavy atom. The molecule has 0 radical (unpaired) electrons. The minimum absolute atomic E-state index is 0.751. The number of hydrogen-bond donors (Lipinski definition) is 1. The number of aromatic nitrogens is 2. The molecular formula is C13H11N3S. The predicted molar refractivity (Wildman–Crippen MR) is 72.0 cm³/mol. The van der Waals surface area contributed by atoms with Crippen molar-refractivity contribution in [2.75, 3.05) is 5.73 Å². The summed E-state index contributed by atoms with van der Waals surface area (Å²) in [5.74, 6) is 0. The molecule has 0 unspecified atom stereocenters. The SMILES string of the molecule is Cc1nc(-c2cncc3ccccc23)c(N)s1. The van der Waals surface area contributed by atoms with E-state index in [1.54, 1.807) is 0 Å². The second-order valence-corrected chi connectivity index (χ2v) is 5.09. The van der Waals surface area contributed by atoms with Crippen LogP contribution in [0, 0.1) is 6.92 Å². The first kappa shape index (κ1) is 10.2. The lowest BCUT2D eigenvalue weighted by Gasteiger charge is -2.03. The number of thiazole rings is 1. The molecule has 0 spiro atoms. The van der Waals surface area contributed by atoms with Gasteiger partial charge >= 0.3 is 0 Å². The zero-order chi connectivity index (χ0) is 11.8. The van der Waals surface area contributed by atoms with Crippen LogP contribution in [0.2, 0.25) is 0 Å². The molecule has 2 N–H and O–H groups in total. The average Bonchev–Trinajstić information content (AvgIpc) is 2.68. The maximum Gasteiger partial charge on any atom is 0.114 e. The van der Waals surface area contributed by atoms with Crippen LogP contribution in [0.4, 0.5) is 5.00 Å². The Hall–Kier alpha value is -1.94. The topological polar surface area (TPSA) is 51.8 Å². The number of benzene rings is 1. The number of pyridine rings is 1. The largest absolute Gasteiger partial charge is 0.389 e. The van der Waals surface area contributed by atoms with Crippen LogP contribution < -0.4 is 5.73 Å². The molecular weight excluding hydrogens is 230 g/mol. The van der Waals surface area contributed by atoms with Crippen molar-refractivity contribution in [1.29, 1.82) is 0 Å². The smallest absolute Gasteiger partial charge is 0.114 e. The highest BCUT2D eigenvalue weighted by Gasteiger charge is 2.11. The summed E-state index contributed by atoms with van der Waals surface area (Å²) in [5, 5.41) is 3.97. The molecule has 0 saturated carbocycles. The summed E-state index contributed by atoms with van der Waals surface area (Å²) in [5.41, 5.74) is 7.84. The van der Waals surface area contributed by atoms with Gasteiger partial charge in [-0.05, 0) is 12.3 Å². The van der Waals surface area contributed by atoms with Gasteiger partial charge in [-0.15, -0.1) is 11.3 Å². The zero-order valence-corrected chi connectivity index (χ0v) is 10.2. The van der Waals surface area contributed by atoms with E-state index in [4.69, 9.17) is 5.73 Å². The Kier molecular flexibility index (Phi) is 2.30. The van der Waals surface area contributed by atoms with Gasteiger partial charge in [0, 0.05) is 23.3 Å². The third kappa shape index (κ3) is 1.66. The van der Waals surface area contributed by atoms with Crippen molar-refractivity contribution < 1.29 is 0 Å². The van der Waals surface area contributed by atoms with Crippen molar-refractivity contribution >= 4 is 27.1 Å². The lowest BCUT2D eigenvalue weighted by atomic mass is 10.1. The van der Waals surface area contributed by atoms with Gasteiger partial charge in [0.15, 0.2) is 0 Å². The molecule has 0 aliphatic carbocycles. The molecule has 0 aliphatic heterocycles. The summed E-state index contributed by atoms with van der Waals surface area (Å²) in [7, 11) is 0. The van der Waals surface area contributed by atoms with Crippen molar-refractivity contribution in [3.8, 4) is 11.3 Å². The standard InChI is InChI=1S/C13H11N3S/c1-8-16-12(13(14)17-8)11-7-15-6-9-4-2-3-5-10(9)11/h2-7H,14H2,1H3. The molecule has 0 atom stereocenters. The molecule has 4 heteroatoms. The second kappa shape index (κ2) is 3.82. The lowest BCUT2D eigenvalue weighted by Crippen LogP contribution is -1.88. The van der Waals surface area contributed by atoms with Crippen LogP contribution in [0.5, 0.6) is 0 Å². The first-order chi connectivity index (χ1) is 8.25. The summed E-state index contributed by atoms with van der Waals surface area (Å²) in [6, 6.07) is 8.13. The van der Waals surface area contributed by atoms with Crippen molar-refractivity contribution in [3.05, 3.63) is 41.7 Å². The van der Waals surface area contributed by atoms with Crippen molar-refractivity contribution in [3.63, 3.8) is 0 Å². The van der Waals surface area contributed by atoms with Gasteiger partial charge in [-0.1, -0.05) is 24.3 Å². The Morgan fingerprint density at radius 3 is 2.76 bits per heavy atom. The molecule has 1 aromatic carbocycles. The fourth-order valence-electron chi connectivity index (χ4n) is 1.94. The van der Waals surface area contributed by atoms with Gasteiger partial charge in [0.25, 0.3) is 0 Å². The van der Waals surface area contributed by atoms with E-state index in [1.807, 2.05) is 37.5 Å². The van der Waals surface area contributed by atoms with Crippen LogP contribution in [-0.4, -0.2) is 9.97 Å². The van der Waals surface area contributed by atoms with Gasteiger partial charge < -0.3 is 5.73 Å². The van der Waals surface area contributed by atoms with Crippen molar-refractivity contribution in [2.24, 2.45) is 0 Å². The summed E-state index contributed by atoms with van der Waals surface area (Å²) in [6.07, 6.45) is 3.68. The number of anilines is 1. The van der Waals surface area contributed by atoms with Crippen LogP contribution in [-0.2, 0) is 0 Å². The van der Waals surface area contributed by atoms with E-state index >= 15 is 0 Å². The van der Waals surface area contributed by atoms with E-state index in [0.717, 1.165) is 32.0 Å². The van der Waals surface area contributed by atoms with E-state index in [-0.39, 0.29) is 0 Å². The molecule has 0 saturated heterocycles. The molecule has 3 rings (SSSR count). The van der Waals surface area contributed by atoms with Gasteiger partial charge in [0.05, 0.1) is 5.01 Å². The first-order valence-corrected chi connectivity index (χ1v) is 6.13. The van der Waals surface area contributed by atoms with Gasteiger partial charge in [0.1, 0.15) is 10.7 Å². The van der Waals surface area contributed by atoms with Crippen LogP contribution in [0.15, 0.2) is 36.7 Å². The summed E-state index contributed by atoms with van der Waals surface area (Å²) in [6.45, 7) is 1.96. The molecule has 0 fully saturated rings. The molecule has 3 nitrogen and oxygen atoms in total. The molecule has 0 amide bonds. The number of aryl methyl sites for hydroxylation is 1. The molecule has 2 heterocycles. The minimum atomic E-state index is 0.751. The van der Waals surface area contributed by atoms with Gasteiger partial charge in [-0.3, -0.25) is 4.98 Å². The first-order valence-electron chi connectivity index (χ1n) is 5.32. The maximum absolute atomic E-state index is 5.99. The fraction of sp³-hybridized carbons (Fsp3) is 0.0769. The van der Waals surface area contributed by atoms with Gasteiger partial charge in [0.2, 0.25) is 0 Å². The van der Waals surface area contributed by atoms with Crippen LogP contribution in [0.25, 0.3) is 22.0 Å². The van der Waals surface area contributed by atoms with Gasteiger partial charge in [-0.2, -0.15) is 0 Å². The Bertz CT molecular complexity index is 683. The maximum atomic E-state index is 5.99. The Morgan fingerprint density at radius 1 is 1.18 bits per heavy atom. The number of nitrogens with two attached hydrogens (primary N) is 1. The molecule has 0 bridgehead atoms. The van der Waals surface area contributed by atoms with Crippen molar-refractivity contribution in [1.82, 2.24) is 9.97 Å². The number of fused-ring (bicyclic) bond motifs is 1. The molecule has 0 aliphatic rings. The van der Waals surface area contributed by atoms with E-state index in [1.165, 1.54) is 11.3 Å². The lowest BCUT2D eigenvalue weighted by molar-refractivity contribution is 1.28. The minimum Gasteiger partial charge on any atom is -0.389 e. The highest BCUT2D eigenvalue weighted by atomic mass is 32.1. The number of nitrogens with zero attached hydrogens (tertiary/aromatic N) is 2. The van der Waals surface area contributed by atoms with Gasteiger partial charge in [-0.25, -0.2) is 4.98 Å². The van der Waals surface area contributed by atoms with E-state index in [0.29, 0.717) is 0 Å². The van der Waals surface area contributed by atoms with E-state index in [2.05, 4.69) is 16.0 Å². The number of hydrogen-bond acceptors (Lipinski definition) is 4. The third-order valence-corrected chi connectivity index (χ3v) is 3.48. The monoisotopic (exact) mass is 241 g/mol. The second-order valence-electron chi connectivity index (χ2n) is 3.85. The van der Waals surface area contributed by atoms with Crippen LogP contribution in [0.1, 0.15) is 5.01 Å². The fourth-order valence-corrected chi connectivity index (χ4v) is 2.65. The Labute approximate surface area is 103 Å². The average molecular weight is 241 g/mol.